The Kier molecular flexibility index (Phi) is 6.55. The second-order valence-corrected chi connectivity index (χ2v) is 10.6. The summed E-state index contributed by atoms with van der Waals surface area (Å²) in [5.74, 6) is -1.01. The normalized spacial score (nSPS) is 14.5. The number of halogens is 2. The standard InChI is InChI=1S/C23H24ClFN4O4S/c1-26-22(30)14-29-13-18(17-5-3-15(24)11-20(17)29)23(31)28-9-7-27(8-10-28)19-6-4-16(25)12-21(19)34(2,32)33/h3-6,11-13H,7-10,14H2,1-2H3,(H,26,30). The van der Waals surface area contributed by atoms with Gasteiger partial charge in [0.1, 0.15) is 12.4 Å². The van der Waals surface area contributed by atoms with Gasteiger partial charge in [0.15, 0.2) is 9.84 Å². The van der Waals surface area contributed by atoms with Gasteiger partial charge in [-0.1, -0.05) is 17.7 Å². The van der Waals surface area contributed by atoms with Crippen LogP contribution in [-0.2, 0) is 21.2 Å². The number of anilines is 1. The van der Waals surface area contributed by atoms with Gasteiger partial charge in [0, 0.05) is 56.1 Å². The van der Waals surface area contributed by atoms with Crippen molar-refractivity contribution in [1.82, 2.24) is 14.8 Å². The molecular weight excluding hydrogens is 483 g/mol. The molecule has 2 aromatic carbocycles. The molecule has 2 heterocycles. The topological polar surface area (TPSA) is 91.7 Å². The van der Waals surface area contributed by atoms with Gasteiger partial charge in [-0.2, -0.15) is 0 Å². The molecule has 0 saturated carbocycles. The van der Waals surface area contributed by atoms with Crippen LogP contribution in [0.3, 0.4) is 0 Å². The van der Waals surface area contributed by atoms with E-state index in [9.17, 15) is 22.4 Å². The second kappa shape index (κ2) is 9.27. The van der Waals surface area contributed by atoms with Gasteiger partial charge in [-0.05, 0) is 30.3 Å². The highest BCUT2D eigenvalue weighted by Crippen LogP contribution is 2.29. The highest BCUT2D eigenvalue weighted by Gasteiger charge is 2.27. The van der Waals surface area contributed by atoms with Crippen LogP contribution in [0.25, 0.3) is 10.9 Å². The maximum absolute atomic E-state index is 13.7. The average Bonchev–Trinajstić information content (AvgIpc) is 3.15. The van der Waals surface area contributed by atoms with Crippen LogP contribution < -0.4 is 10.2 Å². The summed E-state index contributed by atoms with van der Waals surface area (Å²) < 4.78 is 39.7. The number of carbonyl (C=O) groups excluding carboxylic acids is 2. The third kappa shape index (κ3) is 4.74. The Morgan fingerprint density at radius 1 is 1.09 bits per heavy atom. The number of likely N-dealkylation sites (N-methyl/N-ethyl adjacent to an activating group) is 1. The average molecular weight is 507 g/mol. The lowest BCUT2D eigenvalue weighted by Gasteiger charge is -2.36. The summed E-state index contributed by atoms with van der Waals surface area (Å²) in [5.41, 5.74) is 1.57. The van der Waals surface area contributed by atoms with Gasteiger partial charge in [-0.15, -0.1) is 0 Å². The zero-order chi connectivity index (χ0) is 24.6. The van der Waals surface area contributed by atoms with Crippen molar-refractivity contribution >= 4 is 49.8 Å². The Morgan fingerprint density at radius 3 is 2.44 bits per heavy atom. The maximum atomic E-state index is 13.7. The van der Waals surface area contributed by atoms with E-state index in [0.29, 0.717) is 53.4 Å². The van der Waals surface area contributed by atoms with E-state index < -0.39 is 15.7 Å². The lowest BCUT2D eigenvalue weighted by Crippen LogP contribution is -2.49. The van der Waals surface area contributed by atoms with Crippen molar-refractivity contribution in [3.63, 3.8) is 0 Å². The third-order valence-corrected chi connectivity index (χ3v) is 7.26. The van der Waals surface area contributed by atoms with Crippen molar-refractivity contribution in [2.24, 2.45) is 0 Å². The van der Waals surface area contributed by atoms with Gasteiger partial charge < -0.3 is 19.7 Å². The number of benzene rings is 2. The Bertz CT molecular complexity index is 1380. The number of carbonyl (C=O) groups is 2. The summed E-state index contributed by atoms with van der Waals surface area (Å²) >= 11 is 6.15. The molecule has 1 N–H and O–H groups in total. The van der Waals surface area contributed by atoms with Crippen LogP contribution in [0, 0.1) is 5.82 Å². The first-order valence-corrected chi connectivity index (χ1v) is 12.9. The summed E-state index contributed by atoms with van der Waals surface area (Å²) in [6.07, 6.45) is 2.71. The quantitative estimate of drug-likeness (QED) is 0.574. The van der Waals surface area contributed by atoms with Gasteiger partial charge in [0.05, 0.1) is 21.7 Å². The van der Waals surface area contributed by atoms with Gasteiger partial charge >= 0.3 is 0 Å². The van der Waals surface area contributed by atoms with E-state index in [1.54, 1.807) is 40.9 Å². The molecule has 3 aromatic rings. The third-order valence-electron chi connectivity index (χ3n) is 5.90. The van der Waals surface area contributed by atoms with Crippen LogP contribution in [0.2, 0.25) is 5.02 Å². The molecule has 2 amide bonds. The number of aromatic nitrogens is 1. The van der Waals surface area contributed by atoms with Crippen LogP contribution in [0.4, 0.5) is 10.1 Å². The predicted molar refractivity (Wildman–Crippen MR) is 129 cm³/mol. The van der Waals surface area contributed by atoms with Gasteiger partial charge in [0.25, 0.3) is 5.91 Å². The molecule has 0 spiro atoms. The molecule has 0 aliphatic carbocycles. The summed E-state index contributed by atoms with van der Waals surface area (Å²) in [4.78, 5) is 28.8. The number of amides is 2. The van der Waals surface area contributed by atoms with Gasteiger partial charge in [-0.25, -0.2) is 12.8 Å². The summed E-state index contributed by atoms with van der Waals surface area (Å²) in [5, 5.41) is 3.76. The van der Waals surface area contributed by atoms with E-state index in [0.717, 1.165) is 12.3 Å². The van der Waals surface area contributed by atoms with Crippen LogP contribution in [0.1, 0.15) is 10.4 Å². The first-order chi connectivity index (χ1) is 16.1. The number of nitrogens with zero attached hydrogens (tertiary/aromatic N) is 3. The van der Waals surface area contributed by atoms with E-state index in [1.165, 1.54) is 12.1 Å². The predicted octanol–water partition coefficient (Wildman–Crippen LogP) is 2.55. The van der Waals surface area contributed by atoms with E-state index in [2.05, 4.69) is 5.32 Å². The molecule has 1 aliphatic rings. The molecule has 0 atom stereocenters. The Balaban J connectivity index is 1.58. The minimum Gasteiger partial charge on any atom is -0.367 e. The summed E-state index contributed by atoms with van der Waals surface area (Å²) in [6, 6.07) is 8.89. The maximum Gasteiger partial charge on any atom is 0.256 e. The first-order valence-electron chi connectivity index (χ1n) is 10.6. The number of hydrogen-bond acceptors (Lipinski definition) is 5. The SMILES string of the molecule is CNC(=O)Cn1cc(C(=O)N2CCN(c3ccc(F)cc3S(C)(=O)=O)CC2)c2ccc(Cl)cc21. The van der Waals surface area contributed by atoms with Crippen LogP contribution >= 0.6 is 11.6 Å². The zero-order valence-electron chi connectivity index (χ0n) is 18.7. The monoisotopic (exact) mass is 506 g/mol. The van der Waals surface area contributed by atoms with Crippen LogP contribution in [0.5, 0.6) is 0 Å². The molecule has 0 radical (unpaired) electrons. The lowest BCUT2D eigenvalue weighted by molar-refractivity contribution is -0.121. The van der Waals surface area contributed by atoms with Gasteiger partial charge in [-0.3, -0.25) is 9.59 Å². The fourth-order valence-corrected chi connectivity index (χ4v) is 5.24. The highest BCUT2D eigenvalue weighted by atomic mass is 35.5. The molecule has 1 aromatic heterocycles. The molecule has 8 nitrogen and oxygen atoms in total. The lowest BCUT2D eigenvalue weighted by atomic mass is 10.1. The minimum absolute atomic E-state index is 0.0488. The minimum atomic E-state index is -3.62. The second-order valence-electron chi connectivity index (χ2n) is 8.17. The van der Waals surface area contributed by atoms with Crippen molar-refractivity contribution in [3.05, 3.63) is 59.0 Å². The van der Waals surface area contributed by atoms with E-state index in [1.807, 2.05) is 4.90 Å². The number of piperazine rings is 1. The molecular formula is C23H24ClFN4O4S. The van der Waals surface area contributed by atoms with E-state index in [4.69, 9.17) is 11.6 Å². The Morgan fingerprint density at radius 2 is 1.79 bits per heavy atom. The Hall–Kier alpha value is -3.11. The highest BCUT2D eigenvalue weighted by molar-refractivity contribution is 7.90. The smallest absolute Gasteiger partial charge is 0.256 e. The van der Waals surface area contributed by atoms with E-state index >= 15 is 0 Å². The number of rotatable bonds is 5. The molecule has 34 heavy (non-hydrogen) atoms. The fraction of sp³-hybridized carbons (Fsp3) is 0.304. The summed E-state index contributed by atoms with van der Waals surface area (Å²) in [7, 11) is -2.08. The van der Waals surface area contributed by atoms with Crippen molar-refractivity contribution < 1.29 is 22.4 Å². The molecule has 0 unspecified atom stereocenters. The molecule has 1 saturated heterocycles. The van der Waals surface area contributed by atoms with Crippen LogP contribution in [-0.4, -0.2) is 69.2 Å². The number of nitrogens with one attached hydrogen (secondary N) is 1. The van der Waals surface area contributed by atoms with Crippen molar-refractivity contribution in [1.29, 1.82) is 0 Å². The zero-order valence-corrected chi connectivity index (χ0v) is 20.3. The Labute approximate surface area is 201 Å². The first kappa shape index (κ1) is 24.0. The number of fused-ring (bicyclic) bond motifs is 1. The fourth-order valence-electron chi connectivity index (χ4n) is 4.17. The molecule has 1 aliphatic heterocycles. The molecule has 4 rings (SSSR count). The van der Waals surface area contributed by atoms with Crippen molar-refractivity contribution in [2.75, 3.05) is 44.4 Å². The molecule has 180 valence electrons. The van der Waals surface area contributed by atoms with E-state index in [-0.39, 0.29) is 23.3 Å². The van der Waals surface area contributed by atoms with Crippen molar-refractivity contribution in [3.8, 4) is 0 Å². The number of hydrogen-bond donors (Lipinski definition) is 1. The van der Waals surface area contributed by atoms with Crippen molar-refractivity contribution in [2.45, 2.75) is 11.4 Å². The van der Waals surface area contributed by atoms with Gasteiger partial charge in [0.2, 0.25) is 5.91 Å². The molecule has 1 fully saturated rings. The summed E-state index contributed by atoms with van der Waals surface area (Å²) in [6.45, 7) is 1.54. The largest absolute Gasteiger partial charge is 0.367 e. The van der Waals surface area contributed by atoms with Crippen LogP contribution in [0.15, 0.2) is 47.5 Å². The molecule has 11 heteroatoms. The molecule has 0 bridgehead atoms. The number of sulfone groups is 1.